The number of carbonyl (C=O) groups is 2. The van der Waals surface area contributed by atoms with Crippen molar-refractivity contribution in [2.75, 3.05) is 11.4 Å². The number of amides is 2. The van der Waals surface area contributed by atoms with E-state index in [1.807, 2.05) is 59.5 Å². The van der Waals surface area contributed by atoms with E-state index in [9.17, 15) is 9.59 Å². The Morgan fingerprint density at radius 2 is 1.72 bits per heavy atom. The van der Waals surface area contributed by atoms with Crippen molar-refractivity contribution in [3.8, 4) is 0 Å². The summed E-state index contributed by atoms with van der Waals surface area (Å²) in [5, 5.41) is 5.12. The zero-order valence-corrected chi connectivity index (χ0v) is 13.5. The topological polar surface area (TPSA) is 75.4 Å². The molecule has 3 aromatic rings. The molecule has 25 heavy (non-hydrogen) atoms. The minimum Gasteiger partial charge on any atom is -0.368 e. The average Bonchev–Trinajstić information content (AvgIpc) is 2.63. The highest BCUT2D eigenvalue weighted by Crippen LogP contribution is 2.35. The van der Waals surface area contributed by atoms with E-state index < -0.39 is 12.1 Å². The van der Waals surface area contributed by atoms with Gasteiger partial charge in [-0.1, -0.05) is 54.6 Å². The SMILES string of the molecule is NC(=O)CN1c2ccccc2C(=O)NC1c1cccc2ccccc12. The number of carbonyl (C=O) groups excluding carboxylic acids is 2. The molecule has 0 fully saturated rings. The van der Waals surface area contributed by atoms with Crippen molar-refractivity contribution < 1.29 is 9.59 Å². The second kappa shape index (κ2) is 5.94. The minimum absolute atomic E-state index is 0.0190. The number of para-hydroxylation sites is 1. The molecular weight excluding hydrogens is 314 g/mol. The first kappa shape index (κ1) is 15.2. The smallest absolute Gasteiger partial charge is 0.255 e. The van der Waals surface area contributed by atoms with E-state index in [0.29, 0.717) is 11.3 Å². The summed E-state index contributed by atoms with van der Waals surface area (Å²) >= 11 is 0. The number of nitrogens with two attached hydrogens (primary N) is 1. The molecule has 3 N–H and O–H groups in total. The second-order valence-corrected chi connectivity index (χ2v) is 6.06. The molecule has 0 aliphatic carbocycles. The van der Waals surface area contributed by atoms with Gasteiger partial charge in [0.1, 0.15) is 6.17 Å². The van der Waals surface area contributed by atoms with E-state index in [1.165, 1.54) is 0 Å². The summed E-state index contributed by atoms with van der Waals surface area (Å²) in [6.45, 7) is 0.0190. The van der Waals surface area contributed by atoms with Crippen LogP contribution < -0.4 is 16.0 Å². The largest absolute Gasteiger partial charge is 0.368 e. The lowest BCUT2D eigenvalue weighted by Crippen LogP contribution is -2.49. The maximum atomic E-state index is 12.6. The highest BCUT2D eigenvalue weighted by molar-refractivity contribution is 6.03. The Hall–Kier alpha value is -3.34. The molecule has 5 heteroatoms. The van der Waals surface area contributed by atoms with Gasteiger partial charge in [-0.15, -0.1) is 0 Å². The van der Waals surface area contributed by atoms with E-state index >= 15 is 0 Å². The number of nitrogens with one attached hydrogen (secondary N) is 1. The number of anilines is 1. The van der Waals surface area contributed by atoms with Crippen LogP contribution in [0.25, 0.3) is 10.8 Å². The standard InChI is InChI=1S/C20H17N3O2/c21-18(24)12-23-17-11-4-3-9-16(17)20(25)22-19(23)15-10-5-7-13-6-1-2-8-14(13)15/h1-11,19H,12H2,(H2,21,24)(H,22,25). The van der Waals surface area contributed by atoms with E-state index in [1.54, 1.807) is 12.1 Å². The fourth-order valence-corrected chi connectivity index (χ4v) is 3.41. The van der Waals surface area contributed by atoms with Crippen molar-refractivity contribution in [2.45, 2.75) is 6.17 Å². The van der Waals surface area contributed by atoms with Crippen LogP contribution in [0.2, 0.25) is 0 Å². The van der Waals surface area contributed by atoms with Crippen LogP contribution in [-0.4, -0.2) is 18.4 Å². The zero-order valence-electron chi connectivity index (χ0n) is 13.5. The van der Waals surface area contributed by atoms with Crippen molar-refractivity contribution in [1.29, 1.82) is 0 Å². The third kappa shape index (κ3) is 2.59. The van der Waals surface area contributed by atoms with Crippen molar-refractivity contribution in [3.63, 3.8) is 0 Å². The zero-order chi connectivity index (χ0) is 17.4. The van der Waals surface area contributed by atoms with Gasteiger partial charge < -0.3 is 16.0 Å². The summed E-state index contributed by atoms with van der Waals surface area (Å²) < 4.78 is 0. The van der Waals surface area contributed by atoms with Gasteiger partial charge in [-0.05, 0) is 22.9 Å². The highest BCUT2D eigenvalue weighted by atomic mass is 16.2. The lowest BCUT2D eigenvalue weighted by molar-refractivity contribution is -0.116. The van der Waals surface area contributed by atoms with Crippen LogP contribution in [0.3, 0.4) is 0 Å². The number of fused-ring (bicyclic) bond motifs is 2. The van der Waals surface area contributed by atoms with Crippen LogP contribution in [0.5, 0.6) is 0 Å². The molecule has 0 bridgehead atoms. The highest BCUT2D eigenvalue weighted by Gasteiger charge is 2.33. The molecule has 1 unspecified atom stereocenters. The van der Waals surface area contributed by atoms with Gasteiger partial charge in [-0.25, -0.2) is 0 Å². The number of benzene rings is 3. The van der Waals surface area contributed by atoms with Crippen molar-refractivity contribution in [1.82, 2.24) is 5.32 Å². The van der Waals surface area contributed by atoms with Crippen molar-refractivity contribution >= 4 is 28.3 Å². The molecule has 124 valence electrons. The van der Waals surface area contributed by atoms with Gasteiger partial charge in [-0.3, -0.25) is 9.59 Å². The fourth-order valence-electron chi connectivity index (χ4n) is 3.41. The molecule has 2 amide bonds. The summed E-state index contributed by atoms with van der Waals surface area (Å²) in [6.07, 6.45) is -0.457. The van der Waals surface area contributed by atoms with Crippen LogP contribution in [-0.2, 0) is 4.79 Å². The first-order chi connectivity index (χ1) is 12.1. The predicted octanol–water partition coefficient (Wildman–Crippen LogP) is 2.57. The molecule has 1 atom stereocenters. The summed E-state index contributed by atoms with van der Waals surface area (Å²) in [5.74, 6) is -0.606. The molecule has 5 nitrogen and oxygen atoms in total. The first-order valence-electron chi connectivity index (χ1n) is 8.07. The second-order valence-electron chi connectivity index (χ2n) is 6.06. The van der Waals surface area contributed by atoms with Crippen LogP contribution in [0.4, 0.5) is 5.69 Å². The quantitative estimate of drug-likeness (QED) is 0.774. The number of nitrogens with zero attached hydrogens (tertiary/aromatic N) is 1. The van der Waals surface area contributed by atoms with E-state index in [-0.39, 0.29) is 12.5 Å². The van der Waals surface area contributed by atoms with Crippen LogP contribution in [0.15, 0.2) is 66.7 Å². The maximum absolute atomic E-state index is 12.6. The first-order valence-corrected chi connectivity index (χ1v) is 8.07. The Balaban J connectivity index is 1.90. The van der Waals surface area contributed by atoms with E-state index in [2.05, 4.69) is 5.32 Å². The van der Waals surface area contributed by atoms with Gasteiger partial charge >= 0.3 is 0 Å². The van der Waals surface area contributed by atoms with Gasteiger partial charge in [-0.2, -0.15) is 0 Å². The molecule has 3 aromatic carbocycles. The third-order valence-corrected chi connectivity index (χ3v) is 4.48. The Morgan fingerprint density at radius 3 is 2.56 bits per heavy atom. The van der Waals surface area contributed by atoms with Gasteiger partial charge in [0.2, 0.25) is 5.91 Å². The maximum Gasteiger partial charge on any atom is 0.255 e. The molecular formula is C20H17N3O2. The molecule has 1 heterocycles. The summed E-state index contributed by atoms with van der Waals surface area (Å²) in [5.41, 5.74) is 7.66. The van der Waals surface area contributed by atoms with Gasteiger partial charge in [0.25, 0.3) is 5.91 Å². The Bertz CT molecular complexity index is 978. The van der Waals surface area contributed by atoms with Crippen molar-refractivity contribution in [2.24, 2.45) is 5.73 Å². The predicted molar refractivity (Wildman–Crippen MR) is 97.1 cm³/mol. The van der Waals surface area contributed by atoms with Crippen LogP contribution >= 0.6 is 0 Å². The average molecular weight is 331 g/mol. The molecule has 0 aromatic heterocycles. The van der Waals surface area contributed by atoms with Crippen LogP contribution in [0.1, 0.15) is 22.1 Å². The number of rotatable bonds is 3. The monoisotopic (exact) mass is 331 g/mol. The molecule has 1 aliphatic rings. The van der Waals surface area contributed by atoms with Crippen molar-refractivity contribution in [3.05, 3.63) is 77.9 Å². The molecule has 0 saturated carbocycles. The fraction of sp³-hybridized carbons (Fsp3) is 0.100. The molecule has 0 radical (unpaired) electrons. The molecule has 0 saturated heterocycles. The van der Waals surface area contributed by atoms with Gasteiger partial charge in [0, 0.05) is 5.56 Å². The summed E-state index contributed by atoms with van der Waals surface area (Å²) in [6, 6.07) is 21.2. The van der Waals surface area contributed by atoms with Gasteiger partial charge in [0.05, 0.1) is 17.8 Å². The Kier molecular flexibility index (Phi) is 3.61. The lowest BCUT2D eigenvalue weighted by atomic mass is 9.98. The Labute approximate surface area is 145 Å². The van der Waals surface area contributed by atoms with Gasteiger partial charge in [0.15, 0.2) is 0 Å². The van der Waals surface area contributed by atoms with Crippen LogP contribution in [0, 0.1) is 0 Å². The molecule has 1 aliphatic heterocycles. The molecule has 0 spiro atoms. The number of hydrogen-bond donors (Lipinski definition) is 2. The Morgan fingerprint density at radius 1 is 1.00 bits per heavy atom. The lowest BCUT2D eigenvalue weighted by Gasteiger charge is -2.39. The summed E-state index contributed by atoms with van der Waals surface area (Å²) in [7, 11) is 0. The normalized spacial score (nSPS) is 16.4. The number of primary amides is 1. The minimum atomic E-state index is -0.457. The summed E-state index contributed by atoms with van der Waals surface area (Å²) in [4.78, 5) is 26.1. The third-order valence-electron chi connectivity index (χ3n) is 4.48. The number of hydrogen-bond acceptors (Lipinski definition) is 3. The van der Waals surface area contributed by atoms with E-state index in [0.717, 1.165) is 16.3 Å². The molecule has 4 rings (SSSR count). The van der Waals surface area contributed by atoms with E-state index in [4.69, 9.17) is 5.73 Å².